The molecule has 1 aromatic heterocycles. The lowest BCUT2D eigenvalue weighted by atomic mass is 9.96. The largest absolute Gasteiger partial charge is 0.370 e. The molecular formula is C19H17ClN4O. The van der Waals surface area contributed by atoms with Crippen molar-refractivity contribution in [2.75, 3.05) is 0 Å². The number of guanidine groups is 1. The predicted molar refractivity (Wildman–Crippen MR) is 102 cm³/mol. The van der Waals surface area contributed by atoms with Gasteiger partial charge in [0.25, 0.3) is 5.91 Å². The van der Waals surface area contributed by atoms with Crippen molar-refractivity contribution in [1.29, 1.82) is 0 Å². The highest BCUT2D eigenvalue weighted by Crippen LogP contribution is 2.34. The van der Waals surface area contributed by atoms with Crippen molar-refractivity contribution in [2.45, 2.75) is 13.8 Å². The van der Waals surface area contributed by atoms with Crippen LogP contribution < -0.4 is 11.5 Å². The molecule has 1 heterocycles. The number of halogens is 1. The van der Waals surface area contributed by atoms with Gasteiger partial charge in [0.15, 0.2) is 5.96 Å². The molecule has 0 aliphatic heterocycles. The second-order valence-electron chi connectivity index (χ2n) is 5.87. The van der Waals surface area contributed by atoms with Gasteiger partial charge in [0, 0.05) is 27.7 Å². The van der Waals surface area contributed by atoms with Gasteiger partial charge in [-0.2, -0.15) is 4.99 Å². The fraction of sp³-hybridized carbons (Fsp3) is 0.105. The number of carbonyl (C=O) groups is 1. The third-order valence-corrected chi connectivity index (χ3v) is 4.24. The molecule has 0 aliphatic carbocycles. The van der Waals surface area contributed by atoms with Crippen LogP contribution in [0, 0.1) is 13.8 Å². The summed E-state index contributed by atoms with van der Waals surface area (Å²) in [5, 5.41) is 1.47. The van der Waals surface area contributed by atoms with Gasteiger partial charge in [-0.25, -0.2) is 0 Å². The first-order valence-electron chi connectivity index (χ1n) is 7.66. The fourth-order valence-corrected chi connectivity index (χ4v) is 3.15. The maximum atomic E-state index is 12.2. The molecule has 1 amide bonds. The van der Waals surface area contributed by atoms with Crippen LogP contribution in [0.25, 0.3) is 22.0 Å². The molecule has 0 saturated heterocycles. The third kappa shape index (κ3) is 3.32. The molecule has 0 aliphatic rings. The number of hydrogen-bond donors (Lipinski definition) is 2. The Morgan fingerprint density at radius 3 is 2.52 bits per heavy atom. The number of rotatable bonds is 2. The summed E-state index contributed by atoms with van der Waals surface area (Å²) in [5.74, 6) is -0.759. The Kier molecular flexibility index (Phi) is 4.42. The van der Waals surface area contributed by atoms with Crippen molar-refractivity contribution in [3.63, 3.8) is 0 Å². The number of pyridine rings is 1. The summed E-state index contributed by atoms with van der Waals surface area (Å²) in [5.41, 5.74) is 15.5. The van der Waals surface area contributed by atoms with Crippen LogP contribution in [-0.2, 0) is 0 Å². The lowest BCUT2D eigenvalue weighted by Crippen LogP contribution is -2.24. The number of benzene rings is 2. The monoisotopic (exact) mass is 352 g/mol. The van der Waals surface area contributed by atoms with E-state index >= 15 is 0 Å². The standard InChI is InChI=1S/C19H17ClN4O/c1-10-3-4-14(16(20)7-10)13-5-6-23-17-11(2)8-12(9-15(13)17)18(25)24-19(21)22/h3-9H,1-2H3,(H4,21,22,24,25). The second-order valence-corrected chi connectivity index (χ2v) is 6.28. The molecule has 0 radical (unpaired) electrons. The van der Waals surface area contributed by atoms with Gasteiger partial charge in [-0.1, -0.05) is 23.7 Å². The van der Waals surface area contributed by atoms with Crippen molar-refractivity contribution in [3.05, 3.63) is 64.3 Å². The Morgan fingerprint density at radius 2 is 1.84 bits per heavy atom. The number of carbonyl (C=O) groups excluding carboxylic acids is 1. The highest BCUT2D eigenvalue weighted by Gasteiger charge is 2.14. The lowest BCUT2D eigenvalue weighted by Gasteiger charge is -2.11. The SMILES string of the molecule is Cc1ccc(-c2ccnc3c(C)cc(C(=O)N=C(N)N)cc23)c(Cl)c1. The van der Waals surface area contributed by atoms with E-state index in [2.05, 4.69) is 9.98 Å². The van der Waals surface area contributed by atoms with Crippen molar-refractivity contribution in [3.8, 4) is 11.1 Å². The molecule has 25 heavy (non-hydrogen) atoms. The van der Waals surface area contributed by atoms with Crippen LogP contribution in [0.3, 0.4) is 0 Å². The minimum absolute atomic E-state index is 0.268. The van der Waals surface area contributed by atoms with E-state index in [1.165, 1.54) is 0 Å². The molecular weight excluding hydrogens is 336 g/mol. The molecule has 3 rings (SSSR count). The lowest BCUT2D eigenvalue weighted by molar-refractivity contribution is 0.100. The van der Waals surface area contributed by atoms with Crippen LogP contribution in [0.2, 0.25) is 5.02 Å². The van der Waals surface area contributed by atoms with Gasteiger partial charge in [0.1, 0.15) is 0 Å². The number of aliphatic imine (C=N–C) groups is 1. The molecule has 0 fully saturated rings. The molecule has 0 unspecified atom stereocenters. The number of amides is 1. The molecule has 0 saturated carbocycles. The first kappa shape index (κ1) is 16.9. The van der Waals surface area contributed by atoms with Crippen LogP contribution in [0.5, 0.6) is 0 Å². The highest BCUT2D eigenvalue weighted by molar-refractivity contribution is 6.33. The Hall–Kier alpha value is -2.92. The first-order valence-corrected chi connectivity index (χ1v) is 8.04. The van der Waals surface area contributed by atoms with E-state index in [-0.39, 0.29) is 5.96 Å². The van der Waals surface area contributed by atoms with Gasteiger partial charge in [-0.05, 0) is 54.8 Å². The normalized spacial score (nSPS) is 10.7. The Labute approximate surface area is 150 Å². The second kappa shape index (κ2) is 6.53. The molecule has 126 valence electrons. The maximum absolute atomic E-state index is 12.2. The predicted octanol–water partition coefficient (Wildman–Crippen LogP) is 3.59. The van der Waals surface area contributed by atoms with Crippen LogP contribution >= 0.6 is 11.6 Å². The van der Waals surface area contributed by atoms with Crippen molar-refractivity contribution in [2.24, 2.45) is 16.5 Å². The number of nitrogens with two attached hydrogens (primary N) is 2. The summed E-state index contributed by atoms with van der Waals surface area (Å²) in [7, 11) is 0. The van der Waals surface area contributed by atoms with Gasteiger partial charge >= 0.3 is 0 Å². The molecule has 0 spiro atoms. The van der Waals surface area contributed by atoms with E-state index in [0.29, 0.717) is 10.6 Å². The summed E-state index contributed by atoms with van der Waals surface area (Å²) in [6.07, 6.45) is 1.73. The van der Waals surface area contributed by atoms with E-state index in [1.807, 2.05) is 38.1 Å². The smallest absolute Gasteiger partial charge is 0.280 e. The minimum Gasteiger partial charge on any atom is -0.370 e. The minimum atomic E-state index is -0.491. The number of aromatic nitrogens is 1. The van der Waals surface area contributed by atoms with Crippen LogP contribution in [0.1, 0.15) is 21.5 Å². The molecule has 4 N–H and O–H groups in total. The van der Waals surface area contributed by atoms with Crippen LogP contribution in [0.15, 0.2) is 47.6 Å². The zero-order valence-electron chi connectivity index (χ0n) is 13.9. The van der Waals surface area contributed by atoms with Gasteiger partial charge in [-0.3, -0.25) is 9.78 Å². The fourth-order valence-electron chi connectivity index (χ4n) is 2.81. The Bertz CT molecular complexity index is 1020. The van der Waals surface area contributed by atoms with Gasteiger partial charge in [-0.15, -0.1) is 0 Å². The quantitative estimate of drug-likeness (QED) is 0.544. The average molecular weight is 353 g/mol. The van der Waals surface area contributed by atoms with Crippen molar-refractivity contribution in [1.82, 2.24) is 4.98 Å². The van der Waals surface area contributed by atoms with E-state index in [0.717, 1.165) is 33.2 Å². The molecule has 0 bridgehead atoms. The molecule has 3 aromatic rings. The Balaban J connectivity index is 2.28. The Morgan fingerprint density at radius 1 is 1.08 bits per heavy atom. The van der Waals surface area contributed by atoms with E-state index in [1.54, 1.807) is 18.3 Å². The van der Waals surface area contributed by atoms with E-state index in [9.17, 15) is 4.79 Å². The molecule has 2 aromatic carbocycles. The summed E-state index contributed by atoms with van der Waals surface area (Å²) < 4.78 is 0. The zero-order chi connectivity index (χ0) is 18.1. The van der Waals surface area contributed by atoms with Crippen LogP contribution in [-0.4, -0.2) is 16.9 Å². The van der Waals surface area contributed by atoms with Crippen molar-refractivity contribution >= 4 is 34.4 Å². The van der Waals surface area contributed by atoms with Gasteiger partial charge in [0.05, 0.1) is 5.52 Å². The summed E-state index contributed by atoms with van der Waals surface area (Å²) in [6, 6.07) is 11.2. The number of fused-ring (bicyclic) bond motifs is 1. The van der Waals surface area contributed by atoms with E-state index < -0.39 is 5.91 Å². The summed E-state index contributed by atoms with van der Waals surface area (Å²) >= 11 is 6.43. The average Bonchev–Trinajstić information content (AvgIpc) is 2.54. The zero-order valence-corrected chi connectivity index (χ0v) is 14.6. The third-order valence-electron chi connectivity index (χ3n) is 3.93. The summed E-state index contributed by atoms with van der Waals surface area (Å²) in [4.78, 5) is 20.3. The molecule has 5 nitrogen and oxygen atoms in total. The highest BCUT2D eigenvalue weighted by atomic mass is 35.5. The first-order chi connectivity index (χ1) is 11.9. The van der Waals surface area contributed by atoms with E-state index in [4.69, 9.17) is 23.1 Å². The molecule has 0 atom stereocenters. The number of aryl methyl sites for hydroxylation is 2. The summed E-state index contributed by atoms with van der Waals surface area (Å²) in [6.45, 7) is 3.87. The topological polar surface area (TPSA) is 94.4 Å². The van der Waals surface area contributed by atoms with Crippen LogP contribution in [0.4, 0.5) is 0 Å². The van der Waals surface area contributed by atoms with Crippen molar-refractivity contribution < 1.29 is 4.79 Å². The number of hydrogen-bond acceptors (Lipinski definition) is 2. The van der Waals surface area contributed by atoms with Gasteiger partial charge < -0.3 is 11.5 Å². The molecule has 6 heteroatoms. The maximum Gasteiger partial charge on any atom is 0.280 e. The number of nitrogens with zero attached hydrogens (tertiary/aromatic N) is 2. The van der Waals surface area contributed by atoms with Gasteiger partial charge in [0.2, 0.25) is 0 Å².